The van der Waals surface area contributed by atoms with E-state index in [0.29, 0.717) is 24.5 Å². The predicted molar refractivity (Wildman–Crippen MR) is 91.1 cm³/mol. The molecule has 0 aliphatic carbocycles. The van der Waals surface area contributed by atoms with Gasteiger partial charge in [0, 0.05) is 6.54 Å². The molecule has 0 saturated heterocycles. The van der Waals surface area contributed by atoms with Crippen molar-refractivity contribution in [3.05, 3.63) is 59.7 Å². The van der Waals surface area contributed by atoms with E-state index in [2.05, 4.69) is 5.32 Å². The van der Waals surface area contributed by atoms with E-state index in [1.807, 2.05) is 12.1 Å². The number of carbonyl (C=O) groups is 2. The number of nitrogens with one attached hydrogen (secondary N) is 1. The molecule has 1 aliphatic heterocycles. The first-order chi connectivity index (χ1) is 12.0. The quantitative estimate of drug-likeness (QED) is 0.871. The highest BCUT2D eigenvalue weighted by Crippen LogP contribution is 2.33. The Labute approximate surface area is 145 Å². The molecule has 0 bridgehead atoms. The highest BCUT2D eigenvalue weighted by atomic mass is 16.6. The molecule has 0 aromatic heterocycles. The Balaban J connectivity index is 1.53. The van der Waals surface area contributed by atoms with Gasteiger partial charge in [-0.3, -0.25) is 4.79 Å². The van der Waals surface area contributed by atoms with Crippen LogP contribution in [-0.2, 0) is 11.2 Å². The number of para-hydroxylation sites is 2. The second kappa shape index (κ2) is 7.25. The van der Waals surface area contributed by atoms with Crippen LogP contribution in [0.15, 0.2) is 48.5 Å². The zero-order valence-electron chi connectivity index (χ0n) is 13.8. The first-order valence-electron chi connectivity index (χ1n) is 8.07. The van der Waals surface area contributed by atoms with Gasteiger partial charge in [0.15, 0.2) is 11.5 Å². The minimum atomic E-state index is -0.955. The third kappa shape index (κ3) is 3.91. The van der Waals surface area contributed by atoms with Gasteiger partial charge in [-0.25, -0.2) is 4.79 Å². The molecule has 130 valence electrons. The van der Waals surface area contributed by atoms with Crippen molar-refractivity contribution in [1.29, 1.82) is 0 Å². The van der Waals surface area contributed by atoms with E-state index in [4.69, 9.17) is 14.6 Å². The number of ether oxygens (including phenoxy) is 2. The van der Waals surface area contributed by atoms with Crippen molar-refractivity contribution in [2.45, 2.75) is 25.6 Å². The van der Waals surface area contributed by atoms with E-state index in [9.17, 15) is 9.59 Å². The number of carbonyl (C=O) groups excluding carboxylic acids is 1. The van der Waals surface area contributed by atoms with Gasteiger partial charge in [-0.05, 0) is 43.2 Å². The molecule has 2 N–H and O–H groups in total. The lowest BCUT2D eigenvalue weighted by Crippen LogP contribution is -2.49. The molecule has 2 unspecified atom stereocenters. The predicted octanol–water partition coefficient (Wildman–Crippen LogP) is 2.27. The van der Waals surface area contributed by atoms with Crippen molar-refractivity contribution >= 4 is 11.9 Å². The highest BCUT2D eigenvalue weighted by Gasteiger charge is 2.33. The summed E-state index contributed by atoms with van der Waals surface area (Å²) in [6.45, 7) is 2.23. The van der Waals surface area contributed by atoms with E-state index < -0.39 is 12.1 Å². The van der Waals surface area contributed by atoms with Crippen LogP contribution in [0.2, 0.25) is 0 Å². The van der Waals surface area contributed by atoms with Crippen LogP contribution < -0.4 is 14.8 Å². The number of carboxylic acids is 1. The third-order valence-corrected chi connectivity index (χ3v) is 4.01. The number of benzene rings is 2. The van der Waals surface area contributed by atoms with Crippen LogP contribution in [-0.4, -0.2) is 35.7 Å². The smallest absolute Gasteiger partial charge is 0.335 e. The van der Waals surface area contributed by atoms with Crippen molar-refractivity contribution in [2.75, 3.05) is 6.54 Å². The number of rotatable bonds is 5. The summed E-state index contributed by atoms with van der Waals surface area (Å²) in [5.74, 6) is 0.00954. The standard InChI is InChI=1S/C19H19NO5/c1-12-17(25-16-5-3-2-4-15(16)24-12)18(21)20-11-10-13-6-8-14(9-7-13)19(22)23/h2-9,12,17H,10-11H2,1H3,(H,20,21)(H,22,23). The minimum Gasteiger partial charge on any atom is -0.482 e. The number of carboxylic acid groups (broad SMARTS) is 1. The summed E-state index contributed by atoms with van der Waals surface area (Å²) < 4.78 is 11.5. The molecule has 6 heteroatoms. The molecule has 1 aliphatic rings. The van der Waals surface area contributed by atoms with E-state index >= 15 is 0 Å². The number of amides is 1. The van der Waals surface area contributed by atoms with Crippen LogP contribution in [0.3, 0.4) is 0 Å². The zero-order chi connectivity index (χ0) is 17.8. The summed E-state index contributed by atoms with van der Waals surface area (Å²) in [4.78, 5) is 23.2. The number of aromatic carboxylic acids is 1. The Morgan fingerprint density at radius 1 is 1.04 bits per heavy atom. The highest BCUT2D eigenvalue weighted by molar-refractivity contribution is 5.87. The van der Waals surface area contributed by atoms with E-state index in [1.54, 1.807) is 43.3 Å². The largest absolute Gasteiger partial charge is 0.482 e. The first-order valence-corrected chi connectivity index (χ1v) is 8.07. The maximum Gasteiger partial charge on any atom is 0.335 e. The molecule has 25 heavy (non-hydrogen) atoms. The lowest BCUT2D eigenvalue weighted by atomic mass is 10.1. The molecule has 0 spiro atoms. The van der Waals surface area contributed by atoms with Gasteiger partial charge >= 0.3 is 5.97 Å². The Kier molecular flexibility index (Phi) is 4.88. The van der Waals surface area contributed by atoms with Crippen molar-refractivity contribution in [3.63, 3.8) is 0 Å². The number of hydrogen-bond acceptors (Lipinski definition) is 4. The summed E-state index contributed by atoms with van der Waals surface area (Å²) in [6, 6.07) is 13.8. The molecule has 1 heterocycles. The molecule has 0 fully saturated rings. The molecular weight excluding hydrogens is 322 g/mol. The van der Waals surface area contributed by atoms with E-state index in [0.717, 1.165) is 5.56 Å². The molecular formula is C19H19NO5. The van der Waals surface area contributed by atoms with Crippen LogP contribution >= 0.6 is 0 Å². The van der Waals surface area contributed by atoms with Gasteiger partial charge in [0.1, 0.15) is 6.10 Å². The Hall–Kier alpha value is -3.02. The van der Waals surface area contributed by atoms with Crippen LogP contribution in [0.25, 0.3) is 0 Å². The maximum absolute atomic E-state index is 12.4. The summed E-state index contributed by atoms with van der Waals surface area (Å²) >= 11 is 0. The fourth-order valence-electron chi connectivity index (χ4n) is 2.65. The number of hydrogen-bond donors (Lipinski definition) is 2. The van der Waals surface area contributed by atoms with Gasteiger partial charge in [0.2, 0.25) is 6.10 Å². The van der Waals surface area contributed by atoms with Crippen molar-refractivity contribution in [3.8, 4) is 11.5 Å². The van der Waals surface area contributed by atoms with Crippen molar-refractivity contribution in [1.82, 2.24) is 5.32 Å². The van der Waals surface area contributed by atoms with Gasteiger partial charge in [-0.1, -0.05) is 24.3 Å². The van der Waals surface area contributed by atoms with Crippen LogP contribution in [0.4, 0.5) is 0 Å². The fraction of sp³-hybridized carbons (Fsp3) is 0.263. The average molecular weight is 341 g/mol. The normalized spacial score (nSPS) is 18.4. The number of fused-ring (bicyclic) bond motifs is 1. The zero-order valence-corrected chi connectivity index (χ0v) is 13.8. The molecule has 0 radical (unpaired) electrons. The van der Waals surface area contributed by atoms with Crippen LogP contribution in [0.1, 0.15) is 22.8 Å². The average Bonchev–Trinajstić information content (AvgIpc) is 2.61. The lowest BCUT2D eigenvalue weighted by Gasteiger charge is -2.31. The molecule has 0 saturated carbocycles. The minimum absolute atomic E-state index is 0.232. The second-order valence-electron chi connectivity index (χ2n) is 5.85. The first kappa shape index (κ1) is 16.8. The second-order valence-corrected chi connectivity index (χ2v) is 5.85. The third-order valence-electron chi connectivity index (χ3n) is 4.01. The Morgan fingerprint density at radius 2 is 1.68 bits per heavy atom. The van der Waals surface area contributed by atoms with Gasteiger partial charge in [0.25, 0.3) is 5.91 Å². The van der Waals surface area contributed by atoms with Crippen molar-refractivity contribution in [2.24, 2.45) is 0 Å². The molecule has 3 rings (SSSR count). The van der Waals surface area contributed by atoms with E-state index in [1.165, 1.54) is 0 Å². The van der Waals surface area contributed by atoms with Gasteiger partial charge in [-0.15, -0.1) is 0 Å². The molecule has 2 aromatic rings. The van der Waals surface area contributed by atoms with Crippen LogP contribution in [0, 0.1) is 0 Å². The van der Waals surface area contributed by atoms with Gasteiger partial charge in [0.05, 0.1) is 5.56 Å². The topological polar surface area (TPSA) is 84.9 Å². The van der Waals surface area contributed by atoms with Gasteiger partial charge < -0.3 is 19.9 Å². The lowest BCUT2D eigenvalue weighted by molar-refractivity contribution is -0.133. The SMILES string of the molecule is CC1Oc2ccccc2OC1C(=O)NCCc1ccc(C(=O)O)cc1. The summed E-state index contributed by atoms with van der Waals surface area (Å²) in [5.41, 5.74) is 1.19. The monoisotopic (exact) mass is 341 g/mol. The fourth-order valence-corrected chi connectivity index (χ4v) is 2.65. The summed E-state index contributed by atoms with van der Waals surface area (Å²) in [6.07, 6.45) is -0.487. The molecule has 6 nitrogen and oxygen atoms in total. The summed E-state index contributed by atoms with van der Waals surface area (Å²) in [5, 5.41) is 11.7. The van der Waals surface area contributed by atoms with E-state index in [-0.39, 0.29) is 17.6 Å². The molecule has 2 aromatic carbocycles. The Morgan fingerprint density at radius 3 is 2.32 bits per heavy atom. The van der Waals surface area contributed by atoms with Crippen molar-refractivity contribution < 1.29 is 24.2 Å². The summed E-state index contributed by atoms with van der Waals surface area (Å²) in [7, 11) is 0. The molecule has 2 atom stereocenters. The van der Waals surface area contributed by atoms with Gasteiger partial charge in [-0.2, -0.15) is 0 Å². The van der Waals surface area contributed by atoms with Crippen LogP contribution in [0.5, 0.6) is 11.5 Å². The Bertz CT molecular complexity index is 772. The molecule has 1 amide bonds. The maximum atomic E-state index is 12.4.